The van der Waals surface area contributed by atoms with E-state index >= 15 is 0 Å². The zero-order valence-corrected chi connectivity index (χ0v) is 23.4. The van der Waals surface area contributed by atoms with Gasteiger partial charge in [0.25, 0.3) is 11.5 Å². The van der Waals surface area contributed by atoms with E-state index in [-0.39, 0.29) is 33.3 Å². The van der Waals surface area contributed by atoms with Gasteiger partial charge in [0.05, 0.1) is 22.5 Å². The molecule has 0 radical (unpaired) electrons. The normalized spacial score (nSPS) is 11.8. The summed E-state index contributed by atoms with van der Waals surface area (Å²) >= 11 is 6.00. The third-order valence-corrected chi connectivity index (χ3v) is 8.55. The van der Waals surface area contributed by atoms with E-state index in [1.165, 1.54) is 44.1 Å². The minimum Gasteiger partial charge on any atom is -0.306 e. The van der Waals surface area contributed by atoms with Crippen molar-refractivity contribution in [2.45, 2.75) is 25.7 Å². The number of amides is 1. The minimum absolute atomic E-state index is 0.0669. The van der Waals surface area contributed by atoms with Crippen LogP contribution in [-0.2, 0) is 10.0 Å². The number of aryl methyl sites for hydroxylation is 1. The smallest absolute Gasteiger partial charge is 0.263 e. The molecule has 0 bridgehead atoms. The van der Waals surface area contributed by atoms with Gasteiger partial charge in [0.15, 0.2) is 5.65 Å². The van der Waals surface area contributed by atoms with Gasteiger partial charge in [-0.3, -0.25) is 14.6 Å². The van der Waals surface area contributed by atoms with Crippen molar-refractivity contribution in [1.29, 1.82) is 0 Å². The quantitative estimate of drug-likeness (QED) is 0.285. The number of H-pyrrole nitrogens is 1. The number of nitrogens with one attached hydrogen (secondary N) is 2. The number of hydrogen-bond acceptors (Lipinski definition) is 7. The number of hydrogen-bond donors (Lipinski definition) is 2. The number of sulfonamides is 1. The van der Waals surface area contributed by atoms with Crippen LogP contribution in [0, 0.1) is 6.92 Å². The van der Waals surface area contributed by atoms with Crippen molar-refractivity contribution in [2.75, 3.05) is 18.4 Å². The maximum atomic E-state index is 13.1. The SMILES string of the molecule is CCN(CC)S(=O)(=O)c1ccc(C(=O)Nc2cc(C)nn2-c2nc3c(cnn3-c3ccc(Cl)cc3)c(=O)[nH]2)cc1. The number of aromatic amines is 1. The molecular weight excluding hydrogens is 556 g/mol. The number of anilines is 1. The van der Waals surface area contributed by atoms with Gasteiger partial charge in [0.1, 0.15) is 11.2 Å². The van der Waals surface area contributed by atoms with Gasteiger partial charge < -0.3 is 5.32 Å². The minimum atomic E-state index is -3.65. The molecule has 0 unspecified atom stereocenters. The fourth-order valence-electron chi connectivity index (χ4n) is 4.21. The summed E-state index contributed by atoms with van der Waals surface area (Å²) in [6.45, 7) is 5.94. The predicted molar refractivity (Wildman–Crippen MR) is 151 cm³/mol. The standard InChI is InChI=1S/C26H25ClN8O4S/c1-4-33(5-2)40(38,39)20-12-6-17(7-13-20)24(36)29-22-14-16(3)32-35(22)26-30-23-21(25(37)31-26)15-28-34(23)19-10-8-18(27)9-11-19/h6-15H,4-5H2,1-3H3,(H,29,36)(H,30,31,37). The molecule has 0 saturated carbocycles. The van der Waals surface area contributed by atoms with Gasteiger partial charge >= 0.3 is 0 Å². The lowest BCUT2D eigenvalue weighted by Crippen LogP contribution is -2.30. The first-order chi connectivity index (χ1) is 19.1. The average Bonchev–Trinajstić information content (AvgIpc) is 3.53. The highest BCUT2D eigenvalue weighted by Gasteiger charge is 2.22. The van der Waals surface area contributed by atoms with Crippen molar-refractivity contribution in [3.63, 3.8) is 0 Å². The highest BCUT2D eigenvalue weighted by atomic mass is 35.5. The molecule has 12 nitrogen and oxygen atoms in total. The Balaban J connectivity index is 1.47. The highest BCUT2D eigenvalue weighted by Crippen LogP contribution is 2.21. The van der Waals surface area contributed by atoms with Gasteiger partial charge in [-0.1, -0.05) is 25.4 Å². The lowest BCUT2D eigenvalue weighted by atomic mass is 10.2. The zero-order valence-electron chi connectivity index (χ0n) is 21.8. The van der Waals surface area contributed by atoms with Crippen LogP contribution in [0.15, 0.2) is 70.5 Å². The topological polar surface area (TPSA) is 148 Å². The second-order valence-corrected chi connectivity index (χ2v) is 11.2. The van der Waals surface area contributed by atoms with Crippen molar-refractivity contribution in [2.24, 2.45) is 0 Å². The molecule has 2 N–H and O–H groups in total. The molecule has 0 saturated heterocycles. The Hall–Kier alpha value is -4.33. The van der Waals surface area contributed by atoms with Gasteiger partial charge in [-0.15, -0.1) is 0 Å². The third kappa shape index (κ3) is 5.01. The molecular formula is C26H25ClN8O4S. The van der Waals surface area contributed by atoms with Crippen LogP contribution in [0.2, 0.25) is 5.02 Å². The lowest BCUT2D eigenvalue weighted by molar-refractivity contribution is 0.102. The number of halogens is 1. The number of benzene rings is 2. The van der Waals surface area contributed by atoms with Gasteiger partial charge in [-0.05, 0) is 55.5 Å². The van der Waals surface area contributed by atoms with Crippen molar-refractivity contribution < 1.29 is 13.2 Å². The summed E-state index contributed by atoms with van der Waals surface area (Å²) in [6.07, 6.45) is 1.42. The Labute approximate surface area is 234 Å². The number of fused-ring (bicyclic) bond motifs is 1. The molecule has 3 heterocycles. The van der Waals surface area contributed by atoms with Crippen molar-refractivity contribution in [1.82, 2.24) is 33.8 Å². The number of nitrogens with zero attached hydrogens (tertiary/aromatic N) is 6. The fourth-order valence-corrected chi connectivity index (χ4v) is 5.79. The summed E-state index contributed by atoms with van der Waals surface area (Å²) in [7, 11) is -3.65. The van der Waals surface area contributed by atoms with Crippen LogP contribution in [0.1, 0.15) is 29.9 Å². The highest BCUT2D eigenvalue weighted by molar-refractivity contribution is 7.89. The van der Waals surface area contributed by atoms with Gasteiger partial charge in [-0.2, -0.15) is 24.2 Å². The van der Waals surface area contributed by atoms with E-state index < -0.39 is 21.5 Å². The van der Waals surface area contributed by atoms with Crippen LogP contribution >= 0.6 is 11.6 Å². The number of aromatic nitrogens is 6. The summed E-state index contributed by atoms with van der Waals surface area (Å²) in [5.41, 5.74) is 1.30. The average molecular weight is 581 g/mol. The Bertz CT molecular complexity index is 1870. The molecule has 0 aliphatic heterocycles. The van der Waals surface area contributed by atoms with E-state index in [9.17, 15) is 18.0 Å². The lowest BCUT2D eigenvalue weighted by Gasteiger charge is -2.18. The molecule has 5 rings (SSSR count). The molecule has 14 heteroatoms. The van der Waals surface area contributed by atoms with E-state index in [4.69, 9.17) is 11.6 Å². The van der Waals surface area contributed by atoms with Crippen molar-refractivity contribution in [3.05, 3.63) is 87.4 Å². The molecule has 2 aromatic carbocycles. The molecule has 0 aliphatic carbocycles. The van der Waals surface area contributed by atoms with Crippen LogP contribution in [0.5, 0.6) is 0 Å². The van der Waals surface area contributed by atoms with Gasteiger partial charge in [-0.25, -0.2) is 13.1 Å². The number of rotatable bonds is 8. The maximum Gasteiger partial charge on any atom is 0.263 e. The number of carbonyl (C=O) groups is 1. The summed E-state index contributed by atoms with van der Waals surface area (Å²) in [5.74, 6) is -0.178. The molecule has 5 aromatic rings. The fraction of sp³-hybridized carbons (Fsp3) is 0.192. The largest absolute Gasteiger partial charge is 0.306 e. The molecule has 0 fully saturated rings. The second kappa shape index (κ2) is 10.7. The molecule has 1 amide bonds. The third-order valence-electron chi connectivity index (χ3n) is 6.23. The second-order valence-electron chi connectivity index (χ2n) is 8.81. The Morgan fingerprint density at radius 1 is 1.05 bits per heavy atom. The van der Waals surface area contributed by atoms with E-state index in [1.807, 2.05) is 0 Å². The molecule has 3 aromatic heterocycles. The number of carbonyl (C=O) groups excluding carboxylic acids is 1. The predicted octanol–water partition coefficient (Wildman–Crippen LogP) is 3.54. The van der Waals surface area contributed by atoms with E-state index in [0.717, 1.165) is 0 Å². The summed E-state index contributed by atoms with van der Waals surface area (Å²) in [6, 6.07) is 14.2. The summed E-state index contributed by atoms with van der Waals surface area (Å²) in [5, 5.41) is 12.3. The first-order valence-electron chi connectivity index (χ1n) is 12.3. The van der Waals surface area contributed by atoms with E-state index in [1.54, 1.807) is 51.1 Å². The Kier molecular flexibility index (Phi) is 7.27. The van der Waals surface area contributed by atoms with Crippen LogP contribution in [0.25, 0.3) is 22.7 Å². The van der Waals surface area contributed by atoms with Crippen LogP contribution in [-0.4, -0.2) is 61.2 Å². The molecule has 0 aliphatic rings. The maximum absolute atomic E-state index is 13.1. The van der Waals surface area contributed by atoms with Crippen LogP contribution in [0.3, 0.4) is 0 Å². The Morgan fingerprint density at radius 2 is 1.73 bits per heavy atom. The van der Waals surface area contributed by atoms with Crippen molar-refractivity contribution >= 4 is 44.4 Å². The molecule has 0 spiro atoms. The summed E-state index contributed by atoms with van der Waals surface area (Å²) in [4.78, 5) is 33.3. The Morgan fingerprint density at radius 3 is 2.38 bits per heavy atom. The van der Waals surface area contributed by atoms with E-state index in [0.29, 0.717) is 29.5 Å². The monoisotopic (exact) mass is 580 g/mol. The molecule has 206 valence electrons. The van der Waals surface area contributed by atoms with Crippen LogP contribution in [0.4, 0.5) is 5.82 Å². The first-order valence-corrected chi connectivity index (χ1v) is 14.2. The zero-order chi connectivity index (χ0) is 28.6. The molecule has 0 atom stereocenters. The van der Waals surface area contributed by atoms with Gasteiger partial charge in [0.2, 0.25) is 16.0 Å². The van der Waals surface area contributed by atoms with E-state index in [2.05, 4.69) is 25.5 Å². The van der Waals surface area contributed by atoms with Gasteiger partial charge in [0, 0.05) is 29.7 Å². The van der Waals surface area contributed by atoms with Crippen molar-refractivity contribution in [3.8, 4) is 11.6 Å². The molecule has 40 heavy (non-hydrogen) atoms. The summed E-state index contributed by atoms with van der Waals surface area (Å²) < 4.78 is 29.7. The first kappa shape index (κ1) is 27.2. The van der Waals surface area contributed by atoms with Crippen LogP contribution < -0.4 is 10.9 Å².